The quantitative estimate of drug-likeness (QED) is 0.650. The lowest BCUT2D eigenvalue weighted by Crippen LogP contribution is -2.44. The Labute approximate surface area is 93.0 Å². The highest BCUT2D eigenvalue weighted by Crippen LogP contribution is 2.42. The van der Waals surface area contributed by atoms with E-state index in [1.807, 2.05) is 20.8 Å². The SMILES string of the molecule is CC(C)(C)C(=O)N1CCC(C2CC2)CC1. The monoisotopic (exact) mass is 209 g/mol. The summed E-state index contributed by atoms with van der Waals surface area (Å²) in [4.78, 5) is 14.1. The minimum Gasteiger partial charge on any atom is -0.342 e. The number of piperidine rings is 1. The Balaban J connectivity index is 1.84. The second-order valence-corrected chi connectivity index (χ2v) is 6.22. The smallest absolute Gasteiger partial charge is 0.227 e. The van der Waals surface area contributed by atoms with E-state index in [4.69, 9.17) is 0 Å². The maximum Gasteiger partial charge on any atom is 0.227 e. The first-order chi connectivity index (χ1) is 6.98. The van der Waals surface area contributed by atoms with Crippen molar-refractivity contribution in [3.8, 4) is 0 Å². The highest BCUT2D eigenvalue weighted by Gasteiger charge is 2.36. The summed E-state index contributed by atoms with van der Waals surface area (Å²) in [6.45, 7) is 8.04. The topological polar surface area (TPSA) is 20.3 Å². The van der Waals surface area contributed by atoms with Crippen LogP contribution in [0.25, 0.3) is 0 Å². The Kier molecular flexibility index (Phi) is 2.78. The van der Waals surface area contributed by atoms with Gasteiger partial charge in [-0.3, -0.25) is 4.79 Å². The largest absolute Gasteiger partial charge is 0.342 e. The summed E-state index contributed by atoms with van der Waals surface area (Å²) in [7, 11) is 0. The molecular formula is C13H23NO. The van der Waals surface area contributed by atoms with E-state index in [9.17, 15) is 4.79 Å². The van der Waals surface area contributed by atoms with Gasteiger partial charge in [0.25, 0.3) is 0 Å². The molecule has 0 aromatic rings. The summed E-state index contributed by atoms with van der Waals surface area (Å²) < 4.78 is 0. The molecule has 1 amide bonds. The van der Waals surface area contributed by atoms with Crippen molar-refractivity contribution in [2.75, 3.05) is 13.1 Å². The first-order valence-electron chi connectivity index (χ1n) is 6.28. The van der Waals surface area contributed by atoms with Crippen molar-refractivity contribution in [2.45, 2.75) is 46.5 Å². The third-order valence-electron chi connectivity index (χ3n) is 3.76. The number of carbonyl (C=O) groups is 1. The lowest BCUT2D eigenvalue weighted by molar-refractivity contribution is -0.141. The van der Waals surface area contributed by atoms with Gasteiger partial charge in [-0.2, -0.15) is 0 Å². The number of hydrogen-bond donors (Lipinski definition) is 0. The molecule has 1 heterocycles. The van der Waals surface area contributed by atoms with E-state index in [0.717, 1.165) is 24.9 Å². The fourth-order valence-corrected chi connectivity index (χ4v) is 2.62. The van der Waals surface area contributed by atoms with E-state index in [1.54, 1.807) is 0 Å². The van der Waals surface area contributed by atoms with Crippen molar-refractivity contribution in [1.29, 1.82) is 0 Å². The third-order valence-corrected chi connectivity index (χ3v) is 3.76. The molecule has 1 aliphatic heterocycles. The third kappa shape index (κ3) is 2.53. The molecule has 0 bridgehead atoms. The van der Waals surface area contributed by atoms with Crippen molar-refractivity contribution in [1.82, 2.24) is 4.90 Å². The van der Waals surface area contributed by atoms with E-state index in [2.05, 4.69) is 4.90 Å². The molecule has 0 radical (unpaired) electrons. The van der Waals surface area contributed by atoms with Crippen molar-refractivity contribution >= 4 is 5.91 Å². The van der Waals surface area contributed by atoms with Crippen LogP contribution in [0.3, 0.4) is 0 Å². The molecule has 0 aromatic heterocycles. The van der Waals surface area contributed by atoms with Gasteiger partial charge in [0.05, 0.1) is 0 Å². The molecule has 15 heavy (non-hydrogen) atoms. The van der Waals surface area contributed by atoms with Gasteiger partial charge in [0, 0.05) is 18.5 Å². The van der Waals surface area contributed by atoms with Crippen LogP contribution in [-0.2, 0) is 4.79 Å². The predicted octanol–water partition coefficient (Wildman–Crippen LogP) is 2.68. The van der Waals surface area contributed by atoms with Crippen molar-refractivity contribution < 1.29 is 4.79 Å². The van der Waals surface area contributed by atoms with Gasteiger partial charge >= 0.3 is 0 Å². The molecule has 1 saturated heterocycles. The van der Waals surface area contributed by atoms with E-state index in [1.165, 1.54) is 25.7 Å². The van der Waals surface area contributed by atoms with Gasteiger partial charge in [-0.15, -0.1) is 0 Å². The summed E-state index contributed by atoms with van der Waals surface area (Å²) in [5.74, 6) is 2.27. The average Bonchev–Trinajstić information content (AvgIpc) is 2.99. The second kappa shape index (κ2) is 3.80. The molecule has 0 atom stereocenters. The van der Waals surface area contributed by atoms with Crippen LogP contribution in [0.15, 0.2) is 0 Å². The standard InChI is InChI=1S/C13H23NO/c1-13(2,3)12(15)14-8-6-11(7-9-14)10-4-5-10/h10-11H,4-9H2,1-3H3. The molecular weight excluding hydrogens is 186 g/mol. The number of likely N-dealkylation sites (tertiary alicyclic amines) is 1. The maximum atomic E-state index is 12.0. The minimum atomic E-state index is -0.202. The number of hydrogen-bond acceptors (Lipinski definition) is 1. The van der Waals surface area contributed by atoms with E-state index in [0.29, 0.717) is 5.91 Å². The summed E-state index contributed by atoms with van der Waals surface area (Å²) in [6, 6.07) is 0. The van der Waals surface area contributed by atoms with Crippen LogP contribution < -0.4 is 0 Å². The van der Waals surface area contributed by atoms with Gasteiger partial charge in [-0.05, 0) is 37.5 Å². The maximum absolute atomic E-state index is 12.0. The van der Waals surface area contributed by atoms with Crippen molar-refractivity contribution in [3.05, 3.63) is 0 Å². The molecule has 0 aromatic carbocycles. The van der Waals surface area contributed by atoms with Crippen LogP contribution in [-0.4, -0.2) is 23.9 Å². The molecule has 2 fully saturated rings. The van der Waals surface area contributed by atoms with Crippen LogP contribution in [0, 0.1) is 17.3 Å². The first-order valence-corrected chi connectivity index (χ1v) is 6.28. The van der Waals surface area contributed by atoms with Crippen LogP contribution in [0.4, 0.5) is 0 Å². The Morgan fingerprint density at radius 1 is 1.00 bits per heavy atom. The molecule has 2 rings (SSSR count). The fourth-order valence-electron chi connectivity index (χ4n) is 2.62. The van der Waals surface area contributed by atoms with Crippen LogP contribution in [0.2, 0.25) is 0 Å². The van der Waals surface area contributed by atoms with Gasteiger partial charge < -0.3 is 4.90 Å². The number of nitrogens with zero attached hydrogens (tertiary/aromatic N) is 1. The van der Waals surface area contributed by atoms with Crippen molar-refractivity contribution in [3.63, 3.8) is 0 Å². The van der Waals surface area contributed by atoms with Gasteiger partial charge in [-0.25, -0.2) is 0 Å². The van der Waals surface area contributed by atoms with Crippen LogP contribution in [0.5, 0.6) is 0 Å². The Hall–Kier alpha value is -0.530. The predicted molar refractivity (Wildman–Crippen MR) is 61.5 cm³/mol. The minimum absolute atomic E-state index is 0.202. The van der Waals surface area contributed by atoms with E-state index < -0.39 is 0 Å². The van der Waals surface area contributed by atoms with Crippen LogP contribution >= 0.6 is 0 Å². The lowest BCUT2D eigenvalue weighted by Gasteiger charge is -2.35. The molecule has 1 saturated carbocycles. The molecule has 0 spiro atoms. The summed E-state index contributed by atoms with van der Waals surface area (Å²) in [6.07, 6.45) is 5.37. The summed E-state index contributed by atoms with van der Waals surface area (Å²) in [5.41, 5.74) is -0.202. The number of carbonyl (C=O) groups excluding carboxylic acids is 1. The molecule has 2 heteroatoms. The summed E-state index contributed by atoms with van der Waals surface area (Å²) >= 11 is 0. The van der Waals surface area contributed by atoms with Gasteiger partial charge in [-0.1, -0.05) is 20.8 Å². The van der Waals surface area contributed by atoms with Gasteiger partial charge in [0.15, 0.2) is 0 Å². The molecule has 0 unspecified atom stereocenters. The van der Waals surface area contributed by atoms with Crippen LogP contribution in [0.1, 0.15) is 46.5 Å². The highest BCUT2D eigenvalue weighted by molar-refractivity contribution is 5.81. The Bertz CT molecular complexity index is 242. The molecule has 2 nitrogen and oxygen atoms in total. The van der Waals surface area contributed by atoms with E-state index >= 15 is 0 Å². The summed E-state index contributed by atoms with van der Waals surface area (Å²) in [5, 5.41) is 0. The Morgan fingerprint density at radius 2 is 1.47 bits per heavy atom. The molecule has 1 aliphatic carbocycles. The second-order valence-electron chi connectivity index (χ2n) is 6.22. The van der Waals surface area contributed by atoms with Crippen molar-refractivity contribution in [2.24, 2.45) is 17.3 Å². The lowest BCUT2D eigenvalue weighted by atomic mass is 9.89. The van der Waals surface area contributed by atoms with Gasteiger partial charge in [0.1, 0.15) is 0 Å². The molecule has 0 N–H and O–H groups in total. The first kappa shape index (κ1) is 11.0. The number of rotatable bonds is 1. The highest BCUT2D eigenvalue weighted by atomic mass is 16.2. The van der Waals surface area contributed by atoms with Gasteiger partial charge in [0.2, 0.25) is 5.91 Å². The van der Waals surface area contributed by atoms with E-state index in [-0.39, 0.29) is 5.41 Å². The molecule has 86 valence electrons. The average molecular weight is 209 g/mol. The zero-order chi connectivity index (χ0) is 11.1. The normalized spacial score (nSPS) is 24.3. The number of amides is 1. The zero-order valence-electron chi connectivity index (χ0n) is 10.3. The molecule has 2 aliphatic rings. The Morgan fingerprint density at radius 3 is 1.87 bits per heavy atom. The fraction of sp³-hybridized carbons (Fsp3) is 0.923. The zero-order valence-corrected chi connectivity index (χ0v) is 10.3.